The highest BCUT2D eigenvalue weighted by Crippen LogP contribution is 2.40. The van der Waals surface area contributed by atoms with Crippen LogP contribution < -0.4 is 0 Å². The third-order valence-corrected chi connectivity index (χ3v) is 5.24. The number of hydrogen-bond acceptors (Lipinski definition) is 1. The second-order valence-electron chi connectivity index (χ2n) is 3.19. The van der Waals surface area contributed by atoms with Gasteiger partial charge >= 0.3 is 0 Å². The molecule has 0 bridgehead atoms. The molecule has 2 rings (SSSR count). The Kier molecular flexibility index (Phi) is 4.36. The summed E-state index contributed by atoms with van der Waals surface area (Å²) >= 11 is 20.8. The average Bonchev–Trinajstić information content (AvgIpc) is 2.58. The van der Waals surface area contributed by atoms with Gasteiger partial charge in [-0.1, -0.05) is 23.7 Å². The monoisotopic (exact) mass is 398 g/mol. The molecule has 0 radical (unpaired) electrons. The zero-order chi connectivity index (χ0) is 11.7. The summed E-state index contributed by atoms with van der Waals surface area (Å²) in [5.41, 5.74) is 2.11. The molecule has 0 aliphatic rings. The fourth-order valence-corrected chi connectivity index (χ4v) is 4.88. The SMILES string of the molecule is Clc1ccc(C(Cl)c2cc(Br)sc2Br)cc1. The molecule has 1 heterocycles. The summed E-state index contributed by atoms with van der Waals surface area (Å²) in [7, 11) is 0. The van der Waals surface area contributed by atoms with Gasteiger partial charge in [-0.15, -0.1) is 22.9 Å². The van der Waals surface area contributed by atoms with Crippen molar-refractivity contribution in [2.24, 2.45) is 0 Å². The minimum Gasteiger partial charge on any atom is -0.121 e. The Hall–Kier alpha value is 0.460. The van der Waals surface area contributed by atoms with Crippen LogP contribution in [-0.4, -0.2) is 0 Å². The highest BCUT2D eigenvalue weighted by molar-refractivity contribution is 9.12. The van der Waals surface area contributed by atoms with E-state index in [0.29, 0.717) is 0 Å². The van der Waals surface area contributed by atoms with E-state index in [9.17, 15) is 0 Å². The normalized spacial score (nSPS) is 12.8. The molecule has 0 aliphatic carbocycles. The van der Waals surface area contributed by atoms with Crippen LogP contribution >= 0.6 is 66.4 Å². The average molecular weight is 401 g/mol. The summed E-state index contributed by atoms with van der Waals surface area (Å²) in [4.78, 5) is 0. The number of alkyl halides is 1. The van der Waals surface area contributed by atoms with Crippen molar-refractivity contribution >= 4 is 66.4 Å². The van der Waals surface area contributed by atoms with E-state index in [4.69, 9.17) is 23.2 Å². The Morgan fingerprint density at radius 3 is 2.25 bits per heavy atom. The van der Waals surface area contributed by atoms with Crippen molar-refractivity contribution in [3.8, 4) is 0 Å². The molecule has 0 saturated heterocycles. The summed E-state index contributed by atoms with van der Waals surface area (Å²) < 4.78 is 2.11. The predicted molar refractivity (Wildman–Crippen MR) is 78.9 cm³/mol. The number of hydrogen-bond donors (Lipinski definition) is 0. The van der Waals surface area contributed by atoms with Gasteiger partial charge in [0.2, 0.25) is 0 Å². The topological polar surface area (TPSA) is 0 Å². The molecule has 16 heavy (non-hydrogen) atoms. The van der Waals surface area contributed by atoms with Gasteiger partial charge in [0, 0.05) is 10.6 Å². The van der Waals surface area contributed by atoms with Crippen molar-refractivity contribution in [3.05, 3.63) is 54.1 Å². The van der Waals surface area contributed by atoms with Crippen LogP contribution in [0.3, 0.4) is 0 Å². The molecular weight excluding hydrogens is 395 g/mol. The molecule has 5 heteroatoms. The molecule has 2 aromatic rings. The quantitative estimate of drug-likeness (QED) is 0.522. The van der Waals surface area contributed by atoms with E-state index in [1.54, 1.807) is 11.3 Å². The smallest absolute Gasteiger partial charge is 0.0854 e. The van der Waals surface area contributed by atoms with Crippen LogP contribution in [0.25, 0.3) is 0 Å². The molecule has 1 atom stereocenters. The summed E-state index contributed by atoms with van der Waals surface area (Å²) in [6.07, 6.45) is 0. The maximum Gasteiger partial charge on any atom is 0.0854 e. The Bertz CT molecular complexity index is 493. The molecule has 0 fully saturated rings. The van der Waals surface area contributed by atoms with Gasteiger partial charge < -0.3 is 0 Å². The largest absolute Gasteiger partial charge is 0.121 e. The molecule has 0 saturated carbocycles. The second-order valence-corrected chi connectivity index (χ2v) is 7.82. The molecule has 1 aromatic heterocycles. The molecule has 1 aromatic carbocycles. The van der Waals surface area contributed by atoms with Crippen LogP contribution in [0.2, 0.25) is 5.02 Å². The van der Waals surface area contributed by atoms with Crippen molar-refractivity contribution in [1.29, 1.82) is 0 Å². The van der Waals surface area contributed by atoms with E-state index in [0.717, 1.165) is 23.7 Å². The van der Waals surface area contributed by atoms with E-state index in [1.165, 1.54) is 0 Å². The lowest BCUT2D eigenvalue weighted by Gasteiger charge is -2.08. The number of rotatable bonds is 2. The predicted octanol–water partition coefficient (Wildman–Crippen LogP) is 6.25. The van der Waals surface area contributed by atoms with E-state index in [-0.39, 0.29) is 5.38 Å². The number of halogens is 4. The van der Waals surface area contributed by atoms with Crippen molar-refractivity contribution in [2.45, 2.75) is 5.38 Å². The van der Waals surface area contributed by atoms with Crippen molar-refractivity contribution in [1.82, 2.24) is 0 Å². The summed E-state index contributed by atoms with van der Waals surface area (Å²) in [6.45, 7) is 0. The van der Waals surface area contributed by atoms with Gasteiger partial charge in [0.25, 0.3) is 0 Å². The lowest BCUT2D eigenvalue weighted by Crippen LogP contribution is -1.91. The Balaban J connectivity index is 2.35. The third-order valence-electron chi connectivity index (χ3n) is 2.12. The maximum atomic E-state index is 6.42. The van der Waals surface area contributed by atoms with Crippen LogP contribution in [0.5, 0.6) is 0 Å². The Morgan fingerprint density at radius 1 is 1.12 bits per heavy atom. The van der Waals surface area contributed by atoms with E-state index >= 15 is 0 Å². The van der Waals surface area contributed by atoms with Gasteiger partial charge in [-0.25, -0.2) is 0 Å². The van der Waals surface area contributed by atoms with Gasteiger partial charge in [-0.2, -0.15) is 0 Å². The fourth-order valence-electron chi connectivity index (χ4n) is 1.34. The van der Waals surface area contributed by atoms with Gasteiger partial charge in [0.05, 0.1) is 12.9 Å². The first-order valence-electron chi connectivity index (χ1n) is 4.42. The minimum atomic E-state index is -0.158. The third kappa shape index (κ3) is 2.82. The lowest BCUT2D eigenvalue weighted by atomic mass is 10.1. The highest BCUT2D eigenvalue weighted by atomic mass is 79.9. The molecular formula is C11H6Br2Cl2S. The first-order chi connectivity index (χ1) is 7.58. The molecule has 0 N–H and O–H groups in total. The molecule has 84 valence electrons. The minimum absolute atomic E-state index is 0.158. The molecule has 0 nitrogen and oxygen atoms in total. The molecule has 0 spiro atoms. The molecule has 1 unspecified atom stereocenters. The fraction of sp³-hybridized carbons (Fsp3) is 0.0909. The Morgan fingerprint density at radius 2 is 1.75 bits per heavy atom. The van der Waals surface area contributed by atoms with Crippen molar-refractivity contribution in [2.75, 3.05) is 0 Å². The summed E-state index contributed by atoms with van der Waals surface area (Å²) in [5.74, 6) is 0. The van der Waals surface area contributed by atoms with Crippen molar-refractivity contribution < 1.29 is 0 Å². The molecule has 0 amide bonds. The van der Waals surface area contributed by atoms with Crippen LogP contribution in [0.15, 0.2) is 37.9 Å². The van der Waals surface area contributed by atoms with Gasteiger partial charge in [0.1, 0.15) is 0 Å². The Labute approximate surface area is 125 Å². The van der Waals surface area contributed by atoms with Gasteiger partial charge in [-0.05, 0) is 55.6 Å². The van der Waals surface area contributed by atoms with E-state index in [2.05, 4.69) is 31.9 Å². The van der Waals surface area contributed by atoms with E-state index in [1.807, 2.05) is 30.3 Å². The second kappa shape index (κ2) is 5.40. The van der Waals surface area contributed by atoms with E-state index < -0.39 is 0 Å². The van der Waals surface area contributed by atoms with Crippen LogP contribution in [-0.2, 0) is 0 Å². The number of thiophene rings is 1. The van der Waals surface area contributed by atoms with Crippen LogP contribution in [0.4, 0.5) is 0 Å². The highest BCUT2D eigenvalue weighted by Gasteiger charge is 2.16. The summed E-state index contributed by atoms with van der Waals surface area (Å²) in [5, 5.41) is 0.562. The number of benzene rings is 1. The first-order valence-corrected chi connectivity index (χ1v) is 7.64. The van der Waals surface area contributed by atoms with Crippen molar-refractivity contribution in [3.63, 3.8) is 0 Å². The van der Waals surface area contributed by atoms with Gasteiger partial charge in [-0.3, -0.25) is 0 Å². The van der Waals surface area contributed by atoms with Crippen LogP contribution in [0, 0.1) is 0 Å². The first kappa shape index (κ1) is 12.9. The van der Waals surface area contributed by atoms with Crippen LogP contribution in [0.1, 0.15) is 16.5 Å². The molecule has 0 aliphatic heterocycles. The van der Waals surface area contributed by atoms with Gasteiger partial charge in [0.15, 0.2) is 0 Å². The zero-order valence-corrected chi connectivity index (χ0v) is 13.4. The lowest BCUT2D eigenvalue weighted by molar-refractivity contribution is 1.15. The zero-order valence-electron chi connectivity index (χ0n) is 7.88. The standard InChI is InChI=1S/C11H6Br2Cl2S/c12-9-5-8(11(13)16-9)10(15)6-1-3-7(14)4-2-6/h1-5,10H. The summed E-state index contributed by atoms with van der Waals surface area (Å²) in [6, 6.07) is 9.61. The maximum absolute atomic E-state index is 6.42.